The van der Waals surface area contributed by atoms with E-state index < -0.39 is 41.8 Å². The Morgan fingerprint density at radius 2 is 1.68 bits per heavy atom. The number of nitrogens with one attached hydrogen (secondary N) is 3. The van der Waals surface area contributed by atoms with Crippen molar-refractivity contribution in [1.82, 2.24) is 25.8 Å². The van der Waals surface area contributed by atoms with Crippen LogP contribution in [0.5, 0.6) is 0 Å². The number of nitrogens with zero attached hydrogens (tertiary/aromatic N) is 2. The topological polar surface area (TPSA) is 180 Å². The van der Waals surface area contributed by atoms with Gasteiger partial charge in [0.25, 0.3) is 0 Å². The summed E-state index contributed by atoms with van der Waals surface area (Å²) in [6, 6.07) is 13.1. The summed E-state index contributed by atoms with van der Waals surface area (Å²) in [5, 5.41) is 8.38. The van der Waals surface area contributed by atoms with E-state index in [1.807, 2.05) is 42.3 Å². The monoisotopic (exact) mass is 565 g/mol. The molecule has 0 bridgehead atoms. The van der Waals surface area contributed by atoms with Crippen LogP contribution in [0.3, 0.4) is 0 Å². The molecule has 220 valence electrons. The number of rotatable bonds is 7. The fourth-order valence-electron chi connectivity index (χ4n) is 4.50. The summed E-state index contributed by atoms with van der Waals surface area (Å²) in [6.45, 7) is 1.01. The Hall–Kier alpha value is -4.29. The molecule has 3 atom stereocenters. The maximum Gasteiger partial charge on any atom is 0.248 e. The van der Waals surface area contributed by atoms with Gasteiger partial charge in [-0.25, -0.2) is 0 Å². The Labute approximate surface area is 239 Å². The van der Waals surface area contributed by atoms with E-state index >= 15 is 0 Å². The highest BCUT2D eigenvalue weighted by molar-refractivity contribution is 5.94. The standard InChI is InChI=1S/C29H39N7O5/c1-35-14-12-23(34-27(39)22(30)16-20-8-10-21(11-9-20)26(31)38)29(41)36(2)18-25(37)33-24(28(40)32-13-15-35)17-19-6-4-3-5-7-19/h3-11,22-24H,12-18,30H2,1-2H3,(H2,31,38)(H,32,40)(H,33,37)(H,34,39)/t22?,23-,24-/m1/s1. The first-order valence-corrected chi connectivity index (χ1v) is 13.5. The van der Waals surface area contributed by atoms with Gasteiger partial charge in [0, 0.05) is 38.7 Å². The number of amides is 5. The molecule has 0 saturated carbocycles. The van der Waals surface area contributed by atoms with Gasteiger partial charge in [0.05, 0.1) is 12.6 Å². The van der Waals surface area contributed by atoms with E-state index in [9.17, 15) is 24.0 Å². The van der Waals surface area contributed by atoms with Gasteiger partial charge in [-0.1, -0.05) is 42.5 Å². The van der Waals surface area contributed by atoms with Crippen molar-refractivity contribution < 1.29 is 24.0 Å². The van der Waals surface area contributed by atoms with Crippen LogP contribution < -0.4 is 27.4 Å². The molecule has 0 spiro atoms. The average molecular weight is 566 g/mol. The molecule has 7 N–H and O–H groups in total. The van der Waals surface area contributed by atoms with Crippen LogP contribution in [0.15, 0.2) is 54.6 Å². The third-order valence-corrected chi connectivity index (χ3v) is 6.93. The van der Waals surface area contributed by atoms with Crippen LogP contribution in [-0.2, 0) is 32.0 Å². The van der Waals surface area contributed by atoms with Gasteiger partial charge in [-0.15, -0.1) is 0 Å². The lowest BCUT2D eigenvalue weighted by Crippen LogP contribution is -2.56. The van der Waals surface area contributed by atoms with E-state index in [0.717, 1.165) is 11.1 Å². The maximum atomic E-state index is 13.4. The molecule has 0 radical (unpaired) electrons. The molecule has 3 rings (SSSR count). The molecular weight excluding hydrogens is 526 g/mol. The summed E-state index contributed by atoms with van der Waals surface area (Å²) in [5.74, 6) is -2.31. The molecule has 1 aliphatic rings. The van der Waals surface area contributed by atoms with Gasteiger partial charge in [-0.2, -0.15) is 0 Å². The Morgan fingerprint density at radius 3 is 2.34 bits per heavy atom. The Morgan fingerprint density at radius 1 is 1.00 bits per heavy atom. The van der Waals surface area contributed by atoms with E-state index in [-0.39, 0.29) is 25.3 Å². The minimum atomic E-state index is -0.949. The summed E-state index contributed by atoms with van der Waals surface area (Å²) in [5.41, 5.74) is 13.4. The lowest BCUT2D eigenvalue weighted by Gasteiger charge is -2.28. The highest BCUT2D eigenvalue weighted by Crippen LogP contribution is 2.08. The highest BCUT2D eigenvalue weighted by atomic mass is 16.2. The van der Waals surface area contributed by atoms with E-state index in [1.54, 1.807) is 24.3 Å². The molecule has 2 aromatic carbocycles. The Bertz CT molecular complexity index is 1220. The fraction of sp³-hybridized carbons (Fsp3) is 0.414. The molecule has 0 aliphatic carbocycles. The Balaban J connectivity index is 1.69. The number of likely N-dealkylation sites (N-methyl/N-ethyl adjacent to an activating group) is 2. The van der Waals surface area contributed by atoms with Crippen LogP contribution in [0.25, 0.3) is 0 Å². The zero-order valence-corrected chi connectivity index (χ0v) is 23.5. The van der Waals surface area contributed by atoms with E-state index in [1.165, 1.54) is 11.9 Å². The van der Waals surface area contributed by atoms with Crippen molar-refractivity contribution in [3.63, 3.8) is 0 Å². The summed E-state index contributed by atoms with van der Waals surface area (Å²) < 4.78 is 0. The third kappa shape index (κ3) is 9.69. The maximum absolute atomic E-state index is 13.4. The summed E-state index contributed by atoms with van der Waals surface area (Å²) in [4.78, 5) is 66.6. The Kier molecular flexibility index (Phi) is 11.4. The molecule has 1 unspecified atom stereocenters. The second-order valence-corrected chi connectivity index (χ2v) is 10.3. The first-order valence-electron chi connectivity index (χ1n) is 13.5. The van der Waals surface area contributed by atoms with Crippen molar-refractivity contribution in [3.05, 3.63) is 71.3 Å². The van der Waals surface area contributed by atoms with Crippen molar-refractivity contribution >= 4 is 29.5 Å². The minimum absolute atomic E-state index is 0.187. The molecule has 12 heteroatoms. The fourth-order valence-corrected chi connectivity index (χ4v) is 4.50. The van der Waals surface area contributed by atoms with E-state index in [4.69, 9.17) is 11.5 Å². The second kappa shape index (κ2) is 14.9. The van der Waals surface area contributed by atoms with Crippen LogP contribution >= 0.6 is 0 Å². The number of primary amides is 1. The molecule has 1 saturated heterocycles. The number of hydrogen-bond acceptors (Lipinski definition) is 7. The molecule has 12 nitrogen and oxygen atoms in total. The zero-order valence-electron chi connectivity index (χ0n) is 23.5. The summed E-state index contributed by atoms with van der Waals surface area (Å²) >= 11 is 0. The van der Waals surface area contributed by atoms with Crippen molar-refractivity contribution in [3.8, 4) is 0 Å². The van der Waals surface area contributed by atoms with Crippen LogP contribution in [0.2, 0.25) is 0 Å². The summed E-state index contributed by atoms with van der Waals surface area (Å²) in [6.07, 6.45) is 0.762. The largest absolute Gasteiger partial charge is 0.366 e. The molecule has 2 aromatic rings. The summed E-state index contributed by atoms with van der Waals surface area (Å²) in [7, 11) is 3.33. The van der Waals surface area contributed by atoms with Gasteiger partial charge in [0.2, 0.25) is 29.5 Å². The zero-order chi connectivity index (χ0) is 29.9. The van der Waals surface area contributed by atoms with Crippen LogP contribution in [0.4, 0.5) is 0 Å². The van der Waals surface area contributed by atoms with Crippen molar-refractivity contribution in [1.29, 1.82) is 0 Å². The number of benzene rings is 2. The van der Waals surface area contributed by atoms with Gasteiger partial charge in [0.1, 0.15) is 12.1 Å². The van der Waals surface area contributed by atoms with Gasteiger partial charge in [-0.3, -0.25) is 24.0 Å². The predicted octanol–water partition coefficient (Wildman–Crippen LogP) is -1.22. The van der Waals surface area contributed by atoms with Crippen molar-refractivity contribution in [2.45, 2.75) is 37.4 Å². The lowest BCUT2D eigenvalue weighted by atomic mass is 10.0. The molecule has 0 aromatic heterocycles. The number of hydrogen-bond donors (Lipinski definition) is 5. The van der Waals surface area contributed by atoms with Crippen LogP contribution in [-0.4, -0.2) is 97.7 Å². The van der Waals surface area contributed by atoms with Crippen LogP contribution in [0.1, 0.15) is 27.9 Å². The van der Waals surface area contributed by atoms with Crippen molar-refractivity contribution in [2.24, 2.45) is 11.5 Å². The molecule has 1 fully saturated rings. The first kappa shape index (κ1) is 31.2. The number of carbonyl (C=O) groups excluding carboxylic acids is 5. The molecule has 1 aliphatic heterocycles. The highest BCUT2D eigenvalue weighted by Gasteiger charge is 2.29. The van der Waals surface area contributed by atoms with E-state index in [0.29, 0.717) is 31.6 Å². The predicted molar refractivity (Wildman–Crippen MR) is 153 cm³/mol. The molecule has 1 heterocycles. The third-order valence-electron chi connectivity index (χ3n) is 6.93. The van der Waals surface area contributed by atoms with Gasteiger partial charge in [-0.05, 0) is 43.1 Å². The van der Waals surface area contributed by atoms with Gasteiger partial charge in [0.15, 0.2) is 0 Å². The molecule has 41 heavy (non-hydrogen) atoms. The normalized spacial score (nSPS) is 20.4. The van der Waals surface area contributed by atoms with Gasteiger partial charge < -0.3 is 37.2 Å². The minimum Gasteiger partial charge on any atom is -0.366 e. The smallest absolute Gasteiger partial charge is 0.248 e. The quantitative estimate of drug-likeness (QED) is 0.279. The van der Waals surface area contributed by atoms with Gasteiger partial charge >= 0.3 is 0 Å². The van der Waals surface area contributed by atoms with E-state index in [2.05, 4.69) is 16.0 Å². The van der Waals surface area contributed by atoms with Crippen LogP contribution in [0, 0.1) is 0 Å². The molecule has 5 amide bonds. The lowest BCUT2D eigenvalue weighted by molar-refractivity contribution is -0.139. The second-order valence-electron chi connectivity index (χ2n) is 10.3. The first-order chi connectivity index (χ1) is 19.5. The average Bonchev–Trinajstić information content (AvgIpc) is 2.94. The SMILES string of the molecule is CN1CCNC(=O)[C@@H](Cc2ccccc2)NC(=O)CN(C)C(=O)[C@H](NC(=O)C(N)Cc2ccc(C(N)=O)cc2)CC1. The number of carbonyl (C=O) groups is 5. The molecular formula is C29H39N7O5. The number of nitrogens with two attached hydrogens (primary N) is 2. The van der Waals surface area contributed by atoms with Crippen molar-refractivity contribution in [2.75, 3.05) is 40.3 Å².